The fraction of sp³-hybridized carbons (Fsp3) is 0.429. The van der Waals surface area contributed by atoms with E-state index in [1.165, 1.54) is 0 Å². The molecular weight excluding hydrogens is 734 g/mol. The lowest BCUT2D eigenvalue weighted by atomic mass is 9.92. The van der Waals surface area contributed by atoms with E-state index in [9.17, 15) is 24.0 Å². The summed E-state index contributed by atoms with van der Waals surface area (Å²) in [6, 6.07) is 20.1. The second kappa shape index (κ2) is 16.0. The molecule has 5 amide bonds. The Bertz CT molecular complexity index is 2080. The first-order chi connectivity index (χ1) is 27.1. The predicted octanol–water partition coefficient (Wildman–Crippen LogP) is 4.84. The van der Waals surface area contributed by atoms with E-state index in [1.807, 2.05) is 35.2 Å². The minimum atomic E-state index is -0.981. The number of hydrogen-bond acceptors (Lipinski definition) is 10. The molecule has 5 aliphatic rings. The number of halogens is 1. The average molecular weight is 778 g/mol. The van der Waals surface area contributed by atoms with Crippen LogP contribution in [0.25, 0.3) is 0 Å². The van der Waals surface area contributed by atoms with Crippen molar-refractivity contribution in [1.29, 1.82) is 5.26 Å². The van der Waals surface area contributed by atoms with E-state index >= 15 is 0 Å². The van der Waals surface area contributed by atoms with Crippen molar-refractivity contribution in [3.63, 3.8) is 0 Å². The minimum absolute atomic E-state index is 0.0485. The highest BCUT2D eigenvalue weighted by atomic mass is 35.5. The Hall–Kier alpha value is -5.45. The van der Waals surface area contributed by atoms with Crippen molar-refractivity contribution < 1.29 is 28.7 Å². The van der Waals surface area contributed by atoms with Crippen molar-refractivity contribution in [3.8, 4) is 11.8 Å². The molecule has 8 rings (SSSR count). The van der Waals surface area contributed by atoms with Gasteiger partial charge in [-0.3, -0.25) is 39.1 Å². The maximum absolute atomic E-state index is 13.5. The second-order valence-corrected chi connectivity index (χ2v) is 15.7. The molecule has 4 fully saturated rings. The van der Waals surface area contributed by atoms with Crippen molar-refractivity contribution in [3.05, 3.63) is 87.9 Å². The highest BCUT2D eigenvalue weighted by Crippen LogP contribution is 2.33. The molecule has 4 aliphatic heterocycles. The summed E-state index contributed by atoms with van der Waals surface area (Å²) in [6.07, 6.45) is 5.94. The quantitative estimate of drug-likeness (QED) is 0.304. The van der Waals surface area contributed by atoms with Crippen molar-refractivity contribution in [2.24, 2.45) is 0 Å². The van der Waals surface area contributed by atoms with Gasteiger partial charge in [-0.15, -0.1) is 0 Å². The van der Waals surface area contributed by atoms with Gasteiger partial charge in [0.1, 0.15) is 17.9 Å². The van der Waals surface area contributed by atoms with Crippen molar-refractivity contribution in [2.75, 3.05) is 49.5 Å². The van der Waals surface area contributed by atoms with Crippen LogP contribution in [0.5, 0.6) is 5.75 Å². The van der Waals surface area contributed by atoms with Gasteiger partial charge in [-0.05, 0) is 99.5 Å². The summed E-state index contributed by atoms with van der Waals surface area (Å²) in [5, 5.41) is 15.4. The zero-order valence-corrected chi connectivity index (χ0v) is 31.8. The Balaban J connectivity index is 0.772. The molecule has 0 spiro atoms. The van der Waals surface area contributed by atoms with E-state index in [-0.39, 0.29) is 30.4 Å². The molecular formula is C42H44ClN7O6. The Morgan fingerprint density at radius 2 is 1.52 bits per heavy atom. The smallest absolute Gasteiger partial charge is 0.262 e. The number of rotatable bonds is 8. The van der Waals surface area contributed by atoms with Crippen LogP contribution in [0, 0.1) is 11.3 Å². The van der Waals surface area contributed by atoms with Gasteiger partial charge >= 0.3 is 0 Å². The Morgan fingerprint density at radius 1 is 0.804 bits per heavy atom. The molecule has 3 saturated heterocycles. The lowest BCUT2D eigenvalue weighted by Gasteiger charge is -2.43. The molecule has 1 atom stereocenters. The van der Waals surface area contributed by atoms with Gasteiger partial charge in [0.05, 0.1) is 27.8 Å². The van der Waals surface area contributed by atoms with Gasteiger partial charge in [0.2, 0.25) is 11.8 Å². The van der Waals surface area contributed by atoms with Gasteiger partial charge < -0.3 is 19.9 Å². The van der Waals surface area contributed by atoms with Crippen molar-refractivity contribution in [1.82, 2.24) is 20.0 Å². The van der Waals surface area contributed by atoms with Crippen LogP contribution in [0.15, 0.2) is 60.7 Å². The molecule has 1 aliphatic carbocycles. The number of piperazine rings is 1. The van der Waals surface area contributed by atoms with E-state index in [1.54, 1.807) is 30.3 Å². The van der Waals surface area contributed by atoms with E-state index in [2.05, 4.69) is 26.5 Å². The van der Waals surface area contributed by atoms with Crippen LogP contribution >= 0.6 is 11.6 Å². The number of piperidine rings is 2. The molecule has 13 nitrogen and oxygen atoms in total. The van der Waals surface area contributed by atoms with Gasteiger partial charge in [-0.25, -0.2) is 0 Å². The highest BCUT2D eigenvalue weighted by molar-refractivity contribution is 6.31. The van der Waals surface area contributed by atoms with Gasteiger partial charge in [0.15, 0.2) is 0 Å². The van der Waals surface area contributed by atoms with Crippen LogP contribution < -0.4 is 20.3 Å². The Kier molecular flexibility index (Phi) is 10.7. The summed E-state index contributed by atoms with van der Waals surface area (Å²) in [5.74, 6) is -1.27. The first kappa shape index (κ1) is 37.5. The SMILES string of the molecule is N#Cc1ccc(OC2CCC(Nc3ccc(C(=O)N4CCN(C5CCN(c6ccc7c(c6)C(=O)N(C6CCC(=O)NC6=O)C7=O)CC5)CC4)cc3)CC2)cc1Cl. The van der Waals surface area contributed by atoms with Crippen LogP contribution in [0.1, 0.15) is 88.0 Å². The summed E-state index contributed by atoms with van der Waals surface area (Å²) in [6.45, 7) is 4.56. The van der Waals surface area contributed by atoms with Crippen LogP contribution in [-0.4, -0.2) is 108 Å². The number of nitrogens with one attached hydrogen (secondary N) is 2. The lowest BCUT2D eigenvalue weighted by Crippen LogP contribution is -2.54. The van der Waals surface area contributed by atoms with E-state index in [0.717, 1.165) is 81.0 Å². The number of nitriles is 1. The molecule has 1 unspecified atom stereocenters. The molecule has 0 bridgehead atoms. The number of nitrogens with zero attached hydrogens (tertiary/aromatic N) is 5. The number of imide groups is 2. The number of amides is 5. The molecule has 2 N–H and O–H groups in total. The largest absolute Gasteiger partial charge is 0.490 e. The number of carbonyl (C=O) groups excluding carboxylic acids is 5. The summed E-state index contributed by atoms with van der Waals surface area (Å²) in [5.41, 5.74) is 3.57. The minimum Gasteiger partial charge on any atom is -0.490 e. The normalized spacial score (nSPS) is 23.4. The second-order valence-electron chi connectivity index (χ2n) is 15.3. The van der Waals surface area contributed by atoms with Gasteiger partial charge in [-0.1, -0.05) is 11.6 Å². The van der Waals surface area contributed by atoms with Crippen molar-refractivity contribution in [2.45, 2.75) is 75.6 Å². The molecule has 3 aromatic carbocycles. The number of carbonyl (C=O) groups is 5. The number of fused-ring (bicyclic) bond motifs is 1. The monoisotopic (exact) mass is 777 g/mol. The van der Waals surface area contributed by atoms with Crippen molar-refractivity contribution >= 4 is 52.5 Å². The standard InChI is InChI=1S/C42H44ClN7O6/c43-36-24-33(9-3-27(36)25-44)56-32-10-6-29(7-11-32)45-28-4-1-26(2-5-28)40(53)49-21-19-48(20-22-49)30-15-17-47(18-16-30)31-8-12-34-35(23-31)42(55)50(41(34)54)37-13-14-38(51)46-39(37)52/h1-5,8-9,12,23-24,29-30,32,37,45H,6-7,10-11,13-22H2,(H,46,51,52). The molecule has 0 aromatic heterocycles. The van der Waals surface area contributed by atoms with Gasteiger partial charge in [0, 0.05) is 80.8 Å². The molecule has 14 heteroatoms. The zero-order chi connectivity index (χ0) is 38.9. The fourth-order valence-corrected chi connectivity index (χ4v) is 8.95. The predicted molar refractivity (Wildman–Crippen MR) is 209 cm³/mol. The third-order valence-corrected chi connectivity index (χ3v) is 12.2. The maximum atomic E-state index is 13.5. The van der Waals surface area contributed by atoms with Gasteiger partial charge in [-0.2, -0.15) is 5.26 Å². The maximum Gasteiger partial charge on any atom is 0.262 e. The summed E-state index contributed by atoms with van der Waals surface area (Å²) in [4.78, 5) is 71.6. The van der Waals surface area contributed by atoms with Crippen LogP contribution in [0.4, 0.5) is 11.4 Å². The van der Waals surface area contributed by atoms with E-state index in [4.69, 9.17) is 21.6 Å². The Morgan fingerprint density at radius 3 is 2.20 bits per heavy atom. The number of ether oxygens (including phenoxy) is 1. The first-order valence-corrected chi connectivity index (χ1v) is 19.9. The van der Waals surface area contributed by atoms with Gasteiger partial charge in [0.25, 0.3) is 17.7 Å². The van der Waals surface area contributed by atoms with Crippen LogP contribution in [0.3, 0.4) is 0 Å². The number of benzene rings is 3. The molecule has 3 aromatic rings. The Labute approximate surface area is 330 Å². The molecule has 290 valence electrons. The first-order valence-electron chi connectivity index (χ1n) is 19.5. The third-order valence-electron chi connectivity index (χ3n) is 11.9. The van der Waals surface area contributed by atoms with Crippen LogP contribution in [0.2, 0.25) is 5.02 Å². The van der Waals surface area contributed by atoms with E-state index < -0.39 is 29.7 Å². The third kappa shape index (κ3) is 7.68. The van der Waals surface area contributed by atoms with Crippen LogP contribution in [-0.2, 0) is 9.59 Å². The highest BCUT2D eigenvalue weighted by Gasteiger charge is 2.45. The summed E-state index contributed by atoms with van der Waals surface area (Å²) >= 11 is 6.16. The lowest BCUT2D eigenvalue weighted by molar-refractivity contribution is -0.136. The topological polar surface area (TPSA) is 155 Å². The fourth-order valence-electron chi connectivity index (χ4n) is 8.74. The number of anilines is 2. The van der Waals surface area contributed by atoms with E-state index in [0.29, 0.717) is 52.6 Å². The summed E-state index contributed by atoms with van der Waals surface area (Å²) in [7, 11) is 0. The molecule has 4 heterocycles. The average Bonchev–Trinajstić information content (AvgIpc) is 3.46. The summed E-state index contributed by atoms with van der Waals surface area (Å²) < 4.78 is 6.13. The molecule has 56 heavy (non-hydrogen) atoms. The molecule has 0 radical (unpaired) electrons. The zero-order valence-electron chi connectivity index (χ0n) is 31.0. The molecule has 1 saturated carbocycles. The number of hydrogen-bond donors (Lipinski definition) is 2.